The van der Waals surface area contributed by atoms with Gasteiger partial charge in [-0.25, -0.2) is 0 Å². The summed E-state index contributed by atoms with van der Waals surface area (Å²) >= 11 is 0. The number of nitrogens with zero attached hydrogens (tertiary/aromatic N) is 2. The van der Waals surface area contributed by atoms with Crippen molar-refractivity contribution in [2.24, 2.45) is 0 Å². The maximum absolute atomic E-state index is 6.69. The maximum atomic E-state index is 6.69. The van der Waals surface area contributed by atoms with Crippen molar-refractivity contribution in [2.75, 3.05) is 4.90 Å². The Bertz CT molecular complexity index is 3100. The van der Waals surface area contributed by atoms with Crippen LogP contribution in [-0.2, 0) is 0 Å². The molecule has 0 fully saturated rings. The smallest absolute Gasteiger partial charge is 0.137 e. The van der Waals surface area contributed by atoms with Gasteiger partial charge in [0, 0.05) is 50.4 Å². The summed E-state index contributed by atoms with van der Waals surface area (Å²) in [5.74, 6) is 0. The van der Waals surface area contributed by atoms with Crippen LogP contribution >= 0.6 is 0 Å². The first kappa shape index (κ1) is 32.8. The minimum Gasteiger partial charge on any atom is -0.456 e. The molecule has 0 unspecified atom stereocenters. The summed E-state index contributed by atoms with van der Waals surface area (Å²) in [6, 6.07) is 78.1. The third kappa shape index (κ3) is 5.76. The third-order valence-electron chi connectivity index (χ3n) is 11.2. The van der Waals surface area contributed by atoms with Gasteiger partial charge < -0.3 is 13.9 Å². The molecule has 0 aliphatic carbocycles. The van der Waals surface area contributed by atoms with Crippen molar-refractivity contribution >= 4 is 60.8 Å². The van der Waals surface area contributed by atoms with Crippen LogP contribution in [0.3, 0.4) is 0 Å². The predicted molar refractivity (Wildman–Crippen MR) is 239 cm³/mol. The van der Waals surface area contributed by atoms with Gasteiger partial charge in [0.2, 0.25) is 0 Å². The Morgan fingerprint density at radius 2 is 0.807 bits per heavy atom. The van der Waals surface area contributed by atoms with Crippen molar-refractivity contribution < 1.29 is 4.42 Å². The fraction of sp³-hybridized carbons (Fsp3) is 0. The quantitative estimate of drug-likeness (QED) is 0.163. The van der Waals surface area contributed by atoms with Crippen molar-refractivity contribution in [1.82, 2.24) is 4.57 Å². The maximum Gasteiger partial charge on any atom is 0.137 e. The molecule has 0 atom stereocenters. The van der Waals surface area contributed by atoms with Crippen molar-refractivity contribution in [3.63, 3.8) is 0 Å². The molecule has 11 aromatic rings. The molecule has 57 heavy (non-hydrogen) atoms. The van der Waals surface area contributed by atoms with Crippen LogP contribution in [0.15, 0.2) is 223 Å². The second-order valence-corrected chi connectivity index (χ2v) is 14.6. The minimum atomic E-state index is 0.843. The van der Waals surface area contributed by atoms with Crippen LogP contribution in [0.1, 0.15) is 0 Å². The molecule has 0 saturated carbocycles. The lowest BCUT2D eigenvalue weighted by Crippen LogP contribution is -2.10. The first-order valence-electron chi connectivity index (χ1n) is 19.4. The molecule has 3 nitrogen and oxygen atoms in total. The number of rotatable bonds is 7. The minimum absolute atomic E-state index is 0.843. The Balaban J connectivity index is 1.09. The van der Waals surface area contributed by atoms with Gasteiger partial charge >= 0.3 is 0 Å². The molecule has 0 spiro atoms. The van der Waals surface area contributed by atoms with E-state index in [0.29, 0.717) is 0 Å². The van der Waals surface area contributed by atoms with Gasteiger partial charge in [0.1, 0.15) is 11.2 Å². The normalized spacial score (nSPS) is 11.5. The fourth-order valence-corrected chi connectivity index (χ4v) is 8.45. The van der Waals surface area contributed by atoms with Gasteiger partial charge in [-0.05, 0) is 106 Å². The van der Waals surface area contributed by atoms with Crippen LogP contribution < -0.4 is 4.90 Å². The number of fused-ring (bicyclic) bond motifs is 6. The van der Waals surface area contributed by atoms with E-state index in [2.05, 4.69) is 228 Å². The number of furan rings is 1. The zero-order chi connectivity index (χ0) is 37.7. The highest BCUT2D eigenvalue weighted by atomic mass is 16.3. The Labute approximate surface area is 330 Å². The van der Waals surface area contributed by atoms with Gasteiger partial charge in [-0.15, -0.1) is 0 Å². The van der Waals surface area contributed by atoms with Gasteiger partial charge in [-0.1, -0.05) is 140 Å². The highest BCUT2D eigenvalue weighted by Crippen LogP contribution is 2.43. The van der Waals surface area contributed by atoms with Crippen LogP contribution in [0.5, 0.6) is 0 Å². The Morgan fingerprint density at radius 1 is 0.298 bits per heavy atom. The van der Waals surface area contributed by atoms with Crippen molar-refractivity contribution in [2.45, 2.75) is 0 Å². The molecule has 11 rings (SSSR count). The molecule has 0 amide bonds. The number of hydrogen-bond acceptors (Lipinski definition) is 2. The highest BCUT2D eigenvalue weighted by Gasteiger charge is 2.19. The van der Waals surface area contributed by atoms with Gasteiger partial charge in [-0.3, -0.25) is 0 Å². The van der Waals surface area contributed by atoms with E-state index in [9.17, 15) is 0 Å². The summed E-state index contributed by atoms with van der Waals surface area (Å²) in [6.07, 6.45) is 0. The van der Waals surface area contributed by atoms with Crippen LogP contribution in [0.4, 0.5) is 17.1 Å². The van der Waals surface area contributed by atoms with Crippen LogP contribution in [-0.4, -0.2) is 4.57 Å². The molecule has 2 heterocycles. The summed E-state index contributed by atoms with van der Waals surface area (Å²) in [4.78, 5) is 2.35. The molecule has 0 bridgehead atoms. The molecule has 0 aliphatic rings. The Kier molecular flexibility index (Phi) is 7.82. The first-order chi connectivity index (χ1) is 28.2. The van der Waals surface area contributed by atoms with E-state index >= 15 is 0 Å². The molecule has 3 heteroatoms. The second kappa shape index (κ2) is 13.6. The second-order valence-electron chi connectivity index (χ2n) is 14.6. The molecular formula is C54H36N2O. The number of benzene rings is 9. The molecule has 0 saturated heterocycles. The van der Waals surface area contributed by atoms with E-state index in [1.165, 1.54) is 44.1 Å². The van der Waals surface area contributed by atoms with E-state index in [1.54, 1.807) is 0 Å². The van der Waals surface area contributed by atoms with Crippen molar-refractivity contribution in [3.05, 3.63) is 218 Å². The van der Waals surface area contributed by atoms with Gasteiger partial charge in [0.15, 0.2) is 0 Å². The topological polar surface area (TPSA) is 21.3 Å². The predicted octanol–water partition coefficient (Wildman–Crippen LogP) is 15.2. The summed E-state index contributed by atoms with van der Waals surface area (Å²) in [6.45, 7) is 0. The average Bonchev–Trinajstić information content (AvgIpc) is 3.82. The van der Waals surface area contributed by atoms with Crippen LogP contribution in [0.2, 0.25) is 0 Å². The van der Waals surface area contributed by atoms with Crippen molar-refractivity contribution in [3.8, 4) is 39.1 Å². The van der Waals surface area contributed by atoms with Crippen LogP contribution in [0, 0.1) is 0 Å². The SMILES string of the molecule is c1ccc(-c2ccc(N(c3cc(-c4ccccc4)cc(-c4ccccc4)c3)c3ccc4c(c3)oc3ccc(-n5c6ccccc6c6ccccc65)cc34)cc2)cc1. The highest BCUT2D eigenvalue weighted by molar-refractivity contribution is 6.11. The number of hydrogen-bond donors (Lipinski definition) is 0. The summed E-state index contributed by atoms with van der Waals surface area (Å²) in [5.41, 5.74) is 15.3. The van der Waals surface area contributed by atoms with E-state index in [-0.39, 0.29) is 0 Å². The Morgan fingerprint density at radius 3 is 1.40 bits per heavy atom. The zero-order valence-corrected chi connectivity index (χ0v) is 31.1. The van der Waals surface area contributed by atoms with E-state index in [4.69, 9.17) is 4.42 Å². The molecule has 0 N–H and O–H groups in total. The van der Waals surface area contributed by atoms with Crippen molar-refractivity contribution in [1.29, 1.82) is 0 Å². The van der Waals surface area contributed by atoms with Crippen LogP contribution in [0.25, 0.3) is 82.8 Å². The first-order valence-corrected chi connectivity index (χ1v) is 19.4. The zero-order valence-electron chi connectivity index (χ0n) is 31.1. The van der Waals surface area contributed by atoms with E-state index in [1.807, 2.05) is 0 Å². The van der Waals surface area contributed by atoms with Gasteiger partial charge in [0.05, 0.1) is 11.0 Å². The summed E-state index contributed by atoms with van der Waals surface area (Å²) < 4.78 is 9.05. The van der Waals surface area contributed by atoms with E-state index in [0.717, 1.165) is 55.8 Å². The number of aromatic nitrogens is 1. The molecular weight excluding hydrogens is 693 g/mol. The lowest BCUT2D eigenvalue weighted by Gasteiger charge is -2.27. The lowest BCUT2D eigenvalue weighted by atomic mass is 9.97. The van der Waals surface area contributed by atoms with E-state index < -0.39 is 0 Å². The summed E-state index contributed by atoms with van der Waals surface area (Å²) in [7, 11) is 0. The van der Waals surface area contributed by atoms with Gasteiger partial charge in [-0.2, -0.15) is 0 Å². The largest absolute Gasteiger partial charge is 0.456 e. The monoisotopic (exact) mass is 728 g/mol. The number of para-hydroxylation sites is 2. The average molecular weight is 729 g/mol. The standard InChI is InChI=1S/C54H36N2O/c1-4-14-37(15-5-1)40-24-26-43(27-25-40)55(46-33-41(38-16-6-2-7-17-38)32-42(34-46)39-18-8-3-9-19-39)45-28-30-49-50-35-44(29-31-53(50)57-54(49)36-45)56-51-22-12-10-20-47(51)48-21-11-13-23-52(48)56/h1-36H. The third-order valence-corrected chi connectivity index (χ3v) is 11.2. The Hall–Kier alpha value is -7.62. The molecule has 268 valence electrons. The lowest BCUT2D eigenvalue weighted by molar-refractivity contribution is 0.669. The molecule has 0 radical (unpaired) electrons. The molecule has 0 aliphatic heterocycles. The number of anilines is 3. The molecule has 2 aromatic heterocycles. The molecule has 9 aromatic carbocycles. The summed E-state index contributed by atoms with van der Waals surface area (Å²) in [5, 5.41) is 4.67. The van der Waals surface area contributed by atoms with Gasteiger partial charge in [0.25, 0.3) is 0 Å². The fourth-order valence-electron chi connectivity index (χ4n) is 8.45.